The summed E-state index contributed by atoms with van der Waals surface area (Å²) in [6.45, 7) is 1.43. The number of thiophene rings is 1. The molecule has 2 aromatic heterocycles. The van der Waals surface area contributed by atoms with Gasteiger partial charge in [-0.2, -0.15) is 0 Å². The van der Waals surface area contributed by atoms with Crippen molar-refractivity contribution in [3.63, 3.8) is 0 Å². The first-order chi connectivity index (χ1) is 11.3. The number of carbonyl (C=O) groups is 1. The zero-order valence-corrected chi connectivity index (χ0v) is 14.4. The molecule has 23 heavy (non-hydrogen) atoms. The highest BCUT2D eigenvalue weighted by atomic mass is 32.2. The average molecular weight is 340 g/mol. The predicted octanol–water partition coefficient (Wildman–Crippen LogP) is 4.22. The van der Waals surface area contributed by atoms with Crippen molar-refractivity contribution in [2.75, 3.05) is 12.8 Å². The first-order valence-electron chi connectivity index (χ1n) is 7.53. The maximum absolute atomic E-state index is 12.8. The Hall–Kier alpha value is -1.85. The van der Waals surface area contributed by atoms with Crippen LogP contribution < -0.4 is 0 Å². The molecule has 4 rings (SSSR count). The lowest BCUT2D eigenvalue weighted by molar-refractivity contribution is 0.0727. The molecule has 0 unspecified atom stereocenters. The molecule has 1 aromatic carbocycles. The largest absolute Gasteiger partial charge is 0.333 e. The number of hydrogen-bond acceptors (Lipinski definition) is 4. The van der Waals surface area contributed by atoms with Crippen molar-refractivity contribution in [2.24, 2.45) is 0 Å². The third kappa shape index (κ3) is 2.64. The minimum atomic E-state index is 0.0295. The van der Waals surface area contributed by atoms with Crippen molar-refractivity contribution in [2.45, 2.75) is 17.9 Å². The molecule has 3 nitrogen and oxygen atoms in total. The molecule has 0 aliphatic carbocycles. The second-order valence-corrected chi connectivity index (χ2v) is 7.40. The van der Waals surface area contributed by atoms with Gasteiger partial charge in [0.2, 0.25) is 0 Å². The molecule has 0 fully saturated rings. The number of nitrogens with zero attached hydrogens (tertiary/aromatic N) is 2. The van der Waals surface area contributed by atoms with Crippen molar-refractivity contribution in [1.82, 2.24) is 9.88 Å². The third-order valence-corrected chi connectivity index (χ3v) is 6.00. The standard InChI is InChI=1S/C18H16N2OS2/c1-22-16-4-2-3-12-5-7-20(11-14(12)16)18(21)15-9-17-13(10-19-15)6-8-23-17/h2-4,6,8-10H,5,7,11H2,1H3. The average Bonchev–Trinajstić information content (AvgIpc) is 3.07. The van der Waals surface area contributed by atoms with E-state index in [1.54, 1.807) is 29.3 Å². The summed E-state index contributed by atoms with van der Waals surface area (Å²) in [5.41, 5.74) is 3.20. The number of aromatic nitrogens is 1. The van der Waals surface area contributed by atoms with Gasteiger partial charge in [0.25, 0.3) is 5.91 Å². The first kappa shape index (κ1) is 14.7. The molecular weight excluding hydrogens is 324 g/mol. The molecule has 0 bridgehead atoms. The van der Waals surface area contributed by atoms with Gasteiger partial charge in [0.05, 0.1) is 0 Å². The fourth-order valence-corrected chi connectivity index (χ4v) is 4.50. The van der Waals surface area contributed by atoms with Gasteiger partial charge in [0.15, 0.2) is 0 Å². The van der Waals surface area contributed by atoms with Crippen LogP contribution in [0.15, 0.2) is 46.8 Å². The summed E-state index contributed by atoms with van der Waals surface area (Å²) in [6, 6.07) is 10.4. The summed E-state index contributed by atoms with van der Waals surface area (Å²) in [5, 5.41) is 3.13. The minimum Gasteiger partial charge on any atom is -0.333 e. The van der Waals surface area contributed by atoms with Crippen molar-refractivity contribution >= 4 is 39.1 Å². The number of pyridine rings is 1. The number of benzene rings is 1. The Kier molecular flexibility index (Phi) is 3.83. The number of hydrogen-bond donors (Lipinski definition) is 0. The van der Waals surface area contributed by atoms with Gasteiger partial charge in [0.1, 0.15) is 5.69 Å². The van der Waals surface area contributed by atoms with Crippen LogP contribution in [0.4, 0.5) is 0 Å². The van der Waals surface area contributed by atoms with Crippen LogP contribution in [0.2, 0.25) is 0 Å². The smallest absolute Gasteiger partial charge is 0.272 e. The number of rotatable bonds is 2. The van der Waals surface area contributed by atoms with Crippen LogP contribution in [-0.4, -0.2) is 28.6 Å². The molecule has 0 radical (unpaired) electrons. The number of carbonyl (C=O) groups excluding carboxylic acids is 1. The molecule has 0 spiro atoms. The van der Waals surface area contributed by atoms with Crippen LogP contribution in [0.25, 0.3) is 10.1 Å². The highest BCUT2D eigenvalue weighted by molar-refractivity contribution is 7.98. The van der Waals surface area contributed by atoms with Gasteiger partial charge in [-0.25, -0.2) is 0 Å². The number of fused-ring (bicyclic) bond motifs is 2. The SMILES string of the molecule is CSc1cccc2c1CN(C(=O)c1cc3sccc3cn1)CC2. The van der Waals surface area contributed by atoms with Crippen molar-refractivity contribution in [1.29, 1.82) is 0 Å². The third-order valence-electron chi connectivity index (χ3n) is 4.29. The molecule has 0 atom stereocenters. The molecule has 5 heteroatoms. The van der Waals surface area contributed by atoms with E-state index in [0.717, 1.165) is 23.1 Å². The lowest BCUT2D eigenvalue weighted by atomic mass is 9.99. The van der Waals surface area contributed by atoms with E-state index in [-0.39, 0.29) is 5.91 Å². The lowest BCUT2D eigenvalue weighted by Crippen LogP contribution is -2.36. The van der Waals surface area contributed by atoms with Gasteiger partial charge < -0.3 is 4.90 Å². The maximum Gasteiger partial charge on any atom is 0.272 e. The fraction of sp³-hybridized carbons (Fsp3) is 0.222. The molecule has 0 saturated carbocycles. The van der Waals surface area contributed by atoms with Crippen LogP contribution in [0, 0.1) is 0 Å². The quantitative estimate of drug-likeness (QED) is 0.655. The Morgan fingerprint density at radius 3 is 3.13 bits per heavy atom. The van der Waals surface area contributed by atoms with E-state index < -0.39 is 0 Å². The van der Waals surface area contributed by atoms with Crippen molar-refractivity contribution < 1.29 is 4.79 Å². The topological polar surface area (TPSA) is 33.2 Å². The van der Waals surface area contributed by atoms with Crippen LogP contribution >= 0.6 is 23.1 Å². The van der Waals surface area contributed by atoms with E-state index in [2.05, 4.69) is 29.4 Å². The molecule has 0 saturated heterocycles. The molecule has 1 amide bonds. The van der Waals surface area contributed by atoms with E-state index in [1.165, 1.54) is 16.0 Å². The second kappa shape index (κ2) is 5.98. The zero-order chi connectivity index (χ0) is 15.8. The Bertz CT molecular complexity index is 873. The van der Waals surface area contributed by atoms with E-state index in [4.69, 9.17) is 0 Å². The molecule has 3 heterocycles. The number of thioether (sulfide) groups is 1. The van der Waals surface area contributed by atoms with Gasteiger partial charge in [-0.1, -0.05) is 12.1 Å². The number of amides is 1. The monoisotopic (exact) mass is 340 g/mol. The molecule has 116 valence electrons. The van der Waals surface area contributed by atoms with Gasteiger partial charge in [-0.3, -0.25) is 9.78 Å². The van der Waals surface area contributed by atoms with Gasteiger partial charge >= 0.3 is 0 Å². The van der Waals surface area contributed by atoms with E-state index >= 15 is 0 Å². The van der Waals surface area contributed by atoms with Crippen LogP contribution in [0.1, 0.15) is 21.6 Å². The van der Waals surface area contributed by atoms with Crippen LogP contribution in [0.3, 0.4) is 0 Å². The van der Waals surface area contributed by atoms with E-state index in [9.17, 15) is 4.79 Å². The summed E-state index contributed by atoms with van der Waals surface area (Å²) >= 11 is 3.39. The van der Waals surface area contributed by atoms with Gasteiger partial charge in [0, 0.05) is 34.3 Å². The highest BCUT2D eigenvalue weighted by Crippen LogP contribution is 2.29. The highest BCUT2D eigenvalue weighted by Gasteiger charge is 2.24. The molecule has 1 aliphatic heterocycles. The van der Waals surface area contributed by atoms with Gasteiger partial charge in [-0.05, 0) is 47.4 Å². The second-order valence-electron chi connectivity index (χ2n) is 5.60. The molecular formula is C18H16N2OS2. The molecule has 1 aliphatic rings. The first-order valence-corrected chi connectivity index (χ1v) is 9.64. The Morgan fingerprint density at radius 1 is 1.35 bits per heavy atom. The van der Waals surface area contributed by atoms with E-state index in [0.29, 0.717) is 12.2 Å². The normalized spacial score (nSPS) is 14.0. The van der Waals surface area contributed by atoms with E-state index in [1.807, 2.05) is 22.4 Å². The lowest BCUT2D eigenvalue weighted by Gasteiger charge is -2.30. The summed E-state index contributed by atoms with van der Waals surface area (Å²) in [6.07, 6.45) is 4.80. The zero-order valence-electron chi connectivity index (χ0n) is 12.8. The minimum absolute atomic E-state index is 0.0295. The van der Waals surface area contributed by atoms with Crippen LogP contribution in [-0.2, 0) is 13.0 Å². The van der Waals surface area contributed by atoms with Crippen molar-refractivity contribution in [3.8, 4) is 0 Å². The maximum atomic E-state index is 12.8. The molecule has 3 aromatic rings. The summed E-state index contributed by atoms with van der Waals surface area (Å²) < 4.78 is 1.12. The Balaban J connectivity index is 1.64. The summed E-state index contributed by atoms with van der Waals surface area (Å²) in [7, 11) is 0. The molecule has 0 N–H and O–H groups in total. The summed E-state index contributed by atoms with van der Waals surface area (Å²) in [4.78, 5) is 20.4. The summed E-state index contributed by atoms with van der Waals surface area (Å²) in [5.74, 6) is 0.0295. The Morgan fingerprint density at radius 2 is 2.26 bits per heavy atom. The van der Waals surface area contributed by atoms with Crippen LogP contribution in [0.5, 0.6) is 0 Å². The predicted molar refractivity (Wildman–Crippen MR) is 96.3 cm³/mol. The Labute approximate surface area is 143 Å². The van der Waals surface area contributed by atoms with Gasteiger partial charge in [-0.15, -0.1) is 23.1 Å². The van der Waals surface area contributed by atoms with Crippen molar-refractivity contribution in [3.05, 3.63) is 58.7 Å². The fourth-order valence-electron chi connectivity index (χ4n) is 3.05.